The topological polar surface area (TPSA) is 0 Å². The average molecular weight is 144 g/mol. The van der Waals surface area contributed by atoms with Crippen LogP contribution in [0.5, 0.6) is 0 Å². The lowest BCUT2D eigenvalue weighted by molar-refractivity contribution is 0.937. The fourth-order valence-corrected chi connectivity index (χ4v) is 1.38. The van der Waals surface area contributed by atoms with E-state index in [2.05, 4.69) is 12.7 Å². The normalized spacial score (nSPS) is 18.3. The predicted molar refractivity (Wildman–Crippen MR) is 40.0 cm³/mol. The minimum atomic E-state index is 0.374. The zero-order valence-electron chi connectivity index (χ0n) is 5.19. The van der Waals surface area contributed by atoms with E-state index in [1.807, 2.05) is 0 Å². The van der Waals surface area contributed by atoms with Crippen LogP contribution in [-0.2, 0) is 0 Å². The zero-order valence-corrected chi connectivity index (χ0v) is 6.01. The highest BCUT2D eigenvalue weighted by atomic mass is 32.2. The molecule has 0 unspecified atom stereocenters. The van der Waals surface area contributed by atoms with Crippen LogP contribution in [0.4, 0.5) is 3.89 Å². The van der Waals surface area contributed by atoms with Gasteiger partial charge in [0.2, 0.25) is 0 Å². The highest BCUT2D eigenvalue weighted by Gasteiger charge is 2.08. The molecular weight excluding hydrogens is 135 g/mol. The first-order valence-electron chi connectivity index (χ1n) is 2.95. The first-order chi connectivity index (χ1) is 4.34. The lowest BCUT2D eigenvalue weighted by Crippen LogP contribution is -1.82. The zero-order chi connectivity index (χ0) is 6.69. The van der Waals surface area contributed by atoms with Crippen molar-refractivity contribution in [2.24, 2.45) is 0 Å². The molecule has 0 atom stereocenters. The molecule has 1 aliphatic rings. The minimum absolute atomic E-state index is 0.374. The van der Waals surface area contributed by atoms with Gasteiger partial charge in [0.1, 0.15) is 0 Å². The second-order valence-electron chi connectivity index (χ2n) is 2.13. The molecule has 0 radical (unpaired) electrons. The van der Waals surface area contributed by atoms with Gasteiger partial charge in [-0.05, 0) is 18.4 Å². The fraction of sp³-hybridized carbons (Fsp3) is 0.429. The quantitative estimate of drug-likeness (QED) is 0.574. The molecule has 9 heavy (non-hydrogen) atoms. The second-order valence-corrected chi connectivity index (χ2v) is 2.63. The number of halogens is 1. The highest BCUT2D eigenvalue weighted by molar-refractivity contribution is 7.94. The van der Waals surface area contributed by atoms with E-state index in [1.54, 1.807) is 0 Å². The van der Waals surface area contributed by atoms with Crippen LogP contribution in [-0.4, -0.2) is 5.75 Å². The van der Waals surface area contributed by atoms with Gasteiger partial charge in [-0.25, -0.2) is 0 Å². The molecular formula is C7H9FS. The summed E-state index contributed by atoms with van der Waals surface area (Å²) in [6.45, 7) is 3.81. The van der Waals surface area contributed by atoms with Crippen LogP contribution >= 0.6 is 12.1 Å². The Bertz CT molecular complexity index is 149. The van der Waals surface area contributed by atoms with Crippen LogP contribution in [0, 0.1) is 0 Å². The number of allylic oxidation sites excluding steroid dienone is 2. The van der Waals surface area contributed by atoms with Gasteiger partial charge in [0.05, 0.1) is 5.75 Å². The van der Waals surface area contributed by atoms with Crippen molar-refractivity contribution in [3.8, 4) is 0 Å². The molecule has 0 saturated heterocycles. The Balaban J connectivity index is 2.47. The Morgan fingerprint density at radius 1 is 1.78 bits per heavy atom. The maximum atomic E-state index is 11.7. The number of hydrogen-bond acceptors (Lipinski definition) is 1. The largest absolute Gasteiger partial charge is 0.165 e. The molecule has 1 rings (SSSR count). The number of hydrogen-bond donors (Lipinski definition) is 0. The lowest BCUT2D eigenvalue weighted by atomic mass is 10.2. The molecule has 2 heteroatoms. The first kappa shape index (κ1) is 6.87. The molecule has 0 aromatic carbocycles. The van der Waals surface area contributed by atoms with Crippen molar-refractivity contribution in [2.45, 2.75) is 12.8 Å². The van der Waals surface area contributed by atoms with Crippen LogP contribution in [0.1, 0.15) is 12.8 Å². The van der Waals surface area contributed by atoms with E-state index in [-0.39, 0.29) is 0 Å². The summed E-state index contributed by atoms with van der Waals surface area (Å²) in [4.78, 5) is 0. The third-order valence-corrected chi connectivity index (χ3v) is 1.92. The van der Waals surface area contributed by atoms with Gasteiger partial charge in [0, 0.05) is 12.1 Å². The molecule has 0 spiro atoms. The summed E-state index contributed by atoms with van der Waals surface area (Å²) < 4.78 is 11.7. The van der Waals surface area contributed by atoms with E-state index in [9.17, 15) is 3.89 Å². The van der Waals surface area contributed by atoms with Gasteiger partial charge in [-0.2, -0.15) is 3.89 Å². The van der Waals surface area contributed by atoms with Gasteiger partial charge in [0.15, 0.2) is 0 Å². The fourth-order valence-electron chi connectivity index (χ4n) is 0.945. The van der Waals surface area contributed by atoms with Crippen molar-refractivity contribution >= 4 is 12.1 Å². The van der Waals surface area contributed by atoms with E-state index in [0.717, 1.165) is 24.0 Å². The van der Waals surface area contributed by atoms with Crippen LogP contribution < -0.4 is 0 Å². The summed E-state index contributed by atoms with van der Waals surface area (Å²) in [6, 6.07) is 0. The standard InChI is InChI=1S/C7H9FS/c1-6-3-2-4-7(6)5-9-8/h4H,1-3,5H2. The van der Waals surface area contributed by atoms with Gasteiger partial charge < -0.3 is 0 Å². The van der Waals surface area contributed by atoms with E-state index in [4.69, 9.17) is 0 Å². The molecule has 0 heterocycles. The summed E-state index contributed by atoms with van der Waals surface area (Å²) in [5, 5.41) is 0. The molecule has 0 amide bonds. The SMILES string of the molecule is C=C1CCC=C1CSF. The van der Waals surface area contributed by atoms with Crippen LogP contribution in [0.15, 0.2) is 23.8 Å². The summed E-state index contributed by atoms with van der Waals surface area (Å²) in [5.74, 6) is 0.485. The lowest BCUT2D eigenvalue weighted by Gasteiger charge is -1.96. The molecule has 1 aliphatic carbocycles. The monoisotopic (exact) mass is 144 g/mol. The molecule has 0 saturated carbocycles. The molecule has 0 N–H and O–H groups in total. The second kappa shape index (κ2) is 3.06. The van der Waals surface area contributed by atoms with Crippen molar-refractivity contribution in [3.63, 3.8) is 0 Å². The van der Waals surface area contributed by atoms with Crippen molar-refractivity contribution < 1.29 is 3.89 Å². The summed E-state index contributed by atoms with van der Waals surface area (Å²) >= 11 is 0.374. The third kappa shape index (κ3) is 1.58. The smallest absolute Gasteiger partial charge is 0.0500 e. The third-order valence-electron chi connectivity index (χ3n) is 1.50. The molecule has 0 aromatic heterocycles. The number of rotatable bonds is 2. The summed E-state index contributed by atoms with van der Waals surface area (Å²) in [7, 11) is 0. The van der Waals surface area contributed by atoms with Crippen molar-refractivity contribution in [2.75, 3.05) is 5.75 Å². The maximum absolute atomic E-state index is 11.7. The van der Waals surface area contributed by atoms with E-state index >= 15 is 0 Å². The molecule has 0 bridgehead atoms. The van der Waals surface area contributed by atoms with Crippen LogP contribution in [0.25, 0.3) is 0 Å². The Morgan fingerprint density at radius 2 is 2.56 bits per heavy atom. The van der Waals surface area contributed by atoms with Crippen molar-refractivity contribution in [1.82, 2.24) is 0 Å². The predicted octanol–water partition coefficient (Wildman–Crippen LogP) is 2.88. The summed E-state index contributed by atoms with van der Waals surface area (Å²) in [5.41, 5.74) is 2.21. The van der Waals surface area contributed by atoms with Gasteiger partial charge in [0.25, 0.3) is 0 Å². The van der Waals surface area contributed by atoms with Crippen molar-refractivity contribution in [3.05, 3.63) is 23.8 Å². The van der Waals surface area contributed by atoms with Crippen LogP contribution in [0.2, 0.25) is 0 Å². The van der Waals surface area contributed by atoms with E-state index in [0.29, 0.717) is 17.9 Å². The van der Waals surface area contributed by atoms with E-state index in [1.165, 1.54) is 0 Å². The summed E-state index contributed by atoms with van der Waals surface area (Å²) in [6.07, 6.45) is 4.14. The molecule has 0 aromatic rings. The van der Waals surface area contributed by atoms with Gasteiger partial charge >= 0.3 is 0 Å². The molecule has 0 aliphatic heterocycles. The van der Waals surface area contributed by atoms with Gasteiger partial charge in [-0.3, -0.25) is 0 Å². The van der Waals surface area contributed by atoms with Gasteiger partial charge in [-0.15, -0.1) is 0 Å². The Kier molecular flexibility index (Phi) is 2.34. The highest BCUT2D eigenvalue weighted by Crippen LogP contribution is 2.26. The molecule has 0 nitrogen and oxygen atoms in total. The Hall–Kier alpha value is -0.240. The first-order valence-corrected chi connectivity index (χ1v) is 3.84. The Labute approximate surface area is 59.1 Å². The van der Waals surface area contributed by atoms with Crippen molar-refractivity contribution in [1.29, 1.82) is 0 Å². The minimum Gasteiger partial charge on any atom is -0.165 e. The molecule has 50 valence electrons. The average Bonchev–Trinajstić information content (AvgIpc) is 2.18. The Morgan fingerprint density at radius 3 is 3.00 bits per heavy atom. The van der Waals surface area contributed by atoms with Crippen LogP contribution in [0.3, 0.4) is 0 Å². The maximum Gasteiger partial charge on any atom is 0.0500 e. The molecule has 0 fully saturated rings. The van der Waals surface area contributed by atoms with Gasteiger partial charge in [-0.1, -0.05) is 18.2 Å². The van der Waals surface area contributed by atoms with E-state index < -0.39 is 0 Å².